The molecule has 0 aromatic carbocycles. The lowest BCUT2D eigenvalue weighted by Crippen LogP contribution is -2.46. The third-order valence-corrected chi connectivity index (χ3v) is 4.08. The summed E-state index contributed by atoms with van der Waals surface area (Å²) >= 11 is 0. The van der Waals surface area contributed by atoms with Gasteiger partial charge in [-0.05, 0) is 32.8 Å². The van der Waals surface area contributed by atoms with Crippen molar-refractivity contribution in [2.75, 3.05) is 39.8 Å². The van der Waals surface area contributed by atoms with E-state index in [1.807, 2.05) is 30.2 Å². The van der Waals surface area contributed by atoms with Crippen LogP contribution in [0.4, 0.5) is 0 Å². The molecule has 0 saturated carbocycles. The van der Waals surface area contributed by atoms with Crippen LogP contribution in [0.5, 0.6) is 0 Å². The maximum absolute atomic E-state index is 5.77. The van der Waals surface area contributed by atoms with Crippen molar-refractivity contribution in [3.05, 3.63) is 18.5 Å². The van der Waals surface area contributed by atoms with Gasteiger partial charge >= 0.3 is 0 Å². The van der Waals surface area contributed by atoms with Crippen LogP contribution in [0.15, 0.2) is 23.5 Å². The van der Waals surface area contributed by atoms with E-state index in [4.69, 9.17) is 4.74 Å². The second-order valence-electron chi connectivity index (χ2n) is 6.42. The molecule has 0 spiro atoms. The molecule has 2 heterocycles. The summed E-state index contributed by atoms with van der Waals surface area (Å²) in [5, 5.41) is 10.9. The molecule has 1 aromatic heterocycles. The second kappa shape index (κ2) is 10.3. The SMILES string of the molecule is CN=C(NCCCN1CC(C)OC(C)C1)NCCCn1cccn1. The zero-order valence-electron chi connectivity index (χ0n) is 15.2. The van der Waals surface area contributed by atoms with Crippen LogP contribution in [-0.4, -0.2) is 72.6 Å². The van der Waals surface area contributed by atoms with Gasteiger partial charge in [-0.15, -0.1) is 0 Å². The second-order valence-corrected chi connectivity index (χ2v) is 6.42. The molecule has 0 amide bonds. The minimum atomic E-state index is 0.339. The van der Waals surface area contributed by atoms with Crippen molar-refractivity contribution < 1.29 is 4.74 Å². The van der Waals surface area contributed by atoms with Gasteiger partial charge in [0.1, 0.15) is 0 Å². The Balaban J connectivity index is 1.53. The van der Waals surface area contributed by atoms with Gasteiger partial charge in [-0.1, -0.05) is 0 Å². The van der Waals surface area contributed by atoms with Crippen LogP contribution >= 0.6 is 0 Å². The average Bonchev–Trinajstić information content (AvgIpc) is 3.06. The number of aryl methyl sites for hydroxylation is 1. The summed E-state index contributed by atoms with van der Waals surface area (Å²) in [5.74, 6) is 0.874. The van der Waals surface area contributed by atoms with Crippen molar-refractivity contribution >= 4 is 5.96 Å². The summed E-state index contributed by atoms with van der Waals surface area (Å²) in [6, 6.07) is 1.95. The van der Waals surface area contributed by atoms with E-state index in [1.54, 1.807) is 0 Å². The summed E-state index contributed by atoms with van der Waals surface area (Å²) in [7, 11) is 1.81. The van der Waals surface area contributed by atoms with E-state index in [1.165, 1.54) is 0 Å². The molecule has 1 saturated heterocycles. The lowest BCUT2D eigenvalue weighted by Gasteiger charge is -2.35. The molecule has 1 fully saturated rings. The number of hydrogen-bond acceptors (Lipinski definition) is 4. The molecule has 2 N–H and O–H groups in total. The Hall–Kier alpha value is -1.60. The molecule has 1 aliphatic rings. The third kappa shape index (κ3) is 6.88. The number of guanidine groups is 1. The molecular weight excluding hydrogens is 304 g/mol. The Morgan fingerprint density at radius 3 is 2.42 bits per heavy atom. The molecule has 0 radical (unpaired) electrons. The number of morpholine rings is 1. The van der Waals surface area contributed by atoms with Crippen molar-refractivity contribution in [2.45, 2.75) is 45.4 Å². The van der Waals surface area contributed by atoms with Crippen LogP contribution in [0, 0.1) is 0 Å². The first kappa shape index (κ1) is 18.7. The predicted octanol–water partition coefficient (Wildman–Crippen LogP) is 0.938. The minimum absolute atomic E-state index is 0.339. The third-order valence-electron chi connectivity index (χ3n) is 4.08. The lowest BCUT2D eigenvalue weighted by molar-refractivity contribution is -0.0679. The van der Waals surface area contributed by atoms with Gasteiger partial charge < -0.3 is 15.4 Å². The quantitative estimate of drug-likeness (QED) is 0.420. The maximum Gasteiger partial charge on any atom is 0.190 e. The summed E-state index contributed by atoms with van der Waals surface area (Å²) in [5.41, 5.74) is 0. The minimum Gasteiger partial charge on any atom is -0.373 e. The monoisotopic (exact) mass is 336 g/mol. The number of ether oxygens (including phenoxy) is 1. The molecular formula is C17H32N6O. The van der Waals surface area contributed by atoms with E-state index in [0.717, 1.165) is 58.1 Å². The number of aliphatic imine (C=N–C) groups is 1. The van der Waals surface area contributed by atoms with Gasteiger partial charge in [0.25, 0.3) is 0 Å². The fourth-order valence-corrected chi connectivity index (χ4v) is 3.08. The molecule has 2 rings (SSSR count). The molecule has 0 bridgehead atoms. The largest absolute Gasteiger partial charge is 0.373 e. The van der Waals surface area contributed by atoms with Gasteiger partial charge in [0.2, 0.25) is 0 Å². The fraction of sp³-hybridized carbons (Fsp3) is 0.765. The topological polar surface area (TPSA) is 66.7 Å². The molecule has 1 aliphatic heterocycles. The van der Waals surface area contributed by atoms with Crippen molar-refractivity contribution in [3.8, 4) is 0 Å². The van der Waals surface area contributed by atoms with Gasteiger partial charge in [0, 0.05) is 58.7 Å². The molecule has 2 unspecified atom stereocenters. The van der Waals surface area contributed by atoms with E-state index < -0.39 is 0 Å². The zero-order valence-corrected chi connectivity index (χ0v) is 15.2. The Morgan fingerprint density at radius 2 is 1.83 bits per heavy atom. The first-order valence-corrected chi connectivity index (χ1v) is 8.97. The summed E-state index contributed by atoms with van der Waals surface area (Å²) in [6.45, 7) is 10.2. The van der Waals surface area contributed by atoms with Crippen LogP contribution in [0.25, 0.3) is 0 Å². The van der Waals surface area contributed by atoms with Crippen LogP contribution in [0.3, 0.4) is 0 Å². The van der Waals surface area contributed by atoms with Crippen LogP contribution in [-0.2, 0) is 11.3 Å². The van der Waals surface area contributed by atoms with Crippen LogP contribution in [0.2, 0.25) is 0 Å². The normalized spacial score (nSPS) is 22.5. The molecule has 1 aromatic rings. The Labute approximate surface area is 145 Å². The highest BCUT2D eigenvalue weighted by molar-refractivity contribution is 5.79. The van der Waals surface area contributed by atoms with Gasteiger partial charge in [-0.2, -0.15) is 5.10 Å². The van der Waals surface area contributed by atoms with E-state index in [0.29, 0.717) is 12.2 Å². The lowest BCUT2D eigenvalue weighted by atomic mass is 10.2. The highest BCUT2D eigenvalue weighted by Gasteiger charge is 2.21. The first-order valence-electron chi connectivity index (χ1n) is 8.97. The number of nitrogens with zero attached hydrogens (tertiary/aromatic N) is 4. The standard InChI is InChI=1S/C17H32N6O/c1-15-13-22(14-16(2)24-15)10-4-7-19-17(18-3)20-8-5-11-23-12-6-9-21-23/h6,9,12,15-16H,4-5,7-8,10-11,13-14H2,1-3H3,(H2,18,19,20). The highest BCUT2D eigenvalue weighted by atomic mass is 16.5. The van der Waals surface area contributed by atoms with Gasteiger partial charge in [0.05, 0.1) is 12.2 Å². The van der Waals surface area contributed by atoms with E-state index in [2.05, 4.69) is 39.5 Å². The molecule has 24 heavy (non-hydrogen) atoms. The summed E-state index contributed by atoms with van der Waals surface area (Å²) in [6.07, 6.45) is 6.60. The van der Waals surface area contributed by atoms with E-state index >= 15 is 0 Å². The highest BCUT2D eigenvalue weighted by Crippen LogP contribution is 2.10. The smallest absolute Gasteiger partial charge is 0.190 e. The number of hydrogen-bond donors (Lipinski definition) is 2. The van der Waals surface area contributed by atoms with Gasteiger partial charge in [-0.25, -0.2) is 0 Å². The molecule has 0 aliphatic carbocycles. The maximum atomic E-state index is 5.77. The predicted molar refractivity (Wildman–Crippen MR) is 97.3 cm³/mol. The van der Waals surface area contributed by atoms with Crippen molar-refractivity contribution in [1.29, 1.82) is 0 Å². The van der Waals surface area contributed by atoms with Crippen molar-refractivity contribution in [1.82, 2.24) is 25.3 Å². The van der Waals surface area contributed by atoms with E-state index in [9.17, 15) is 0 Å². The van der Waals surface area contributed by atoms with Crippen molar-refractivity contribution in [3.63, 3.8) is 0 Å². The Morgan fingerprint density at radius 1 is 1.17 bits per heavy atom. The van der Waals surface area contributed by atoms with Crippen LogP contribution in [0.1, 0.15) is 26.7 Å². The fourth-order valence-electron chi connectivity index (χ4n) is 3.08. The zero-order chi connectivity index (χ0) is 17.2. The number of aromatic nitrogens is 2. The van der Waals surface area contributed by atoms with Gasteiger partial charge in [-0.3, -0.25) is 14.6 Å². The number of rotatable bonds is 8. The average molecular weight is 336 g/mol. The summed E-state index contributed by atoms with van der Waals surface area (Å²) in [4.78, 5) is 6.76. The van der Waals surface area contributed by atoms with Crippen molar-refractivity contribution in [2.24, 2.45) is 4.99 Å². The van der Waals surface area contributed by atoms with Crippen LogP contribution < -0.4 is 10.6 Å². The molecule has 136 valence electrons. The number of nitrogens with one attached hydrogen (secondary N) is 2. The molecule has 7 nitrogen and oxygen atoms in total. The first-order chi connectivity index (χ1) is 11.7. The molecule has 2 atom stereocenters. The van der Waals surface area contributed by atoms with E-state index in [-0.39, 0.29) is 0 Å². The van der Waals surface area contributed by atoms with Gasteiger partial charge in [0.15, 0.2) is 5.96 Å². The Bertz CT molecular complexity index is 465. The summed E-state index contributed by atoms with van der Waals surface area (Å²) < 4.78 is 7.71. The molecule has 7 heteroatoms. The Kier molecular flexibility index (Phi) is 8.04.